The number of benzene rings is 4. The molecule has 24 heavy (non-hydrogen) atoms. The minimum Gasteiger partial charge on any atom is -0.138 e. The summed E-state index contributed by atoms with van der Waals surface area (Å²) in [5.41, 5.74) is 2.28. The fourth-order valence-electron chi connectivity index (χ4n) is 3.75. The second-order valence-electron chi connectivity index (χ2n) is 5.83. The van der Waals surface area contributed by atoms with Crippen LogP contribution in [0.15, 0.2) is 48.7 Å². The van der Waals surface area contributed by atoms with E-state index in [9.17, 15) is 0 Å². The van der Waals surface area contributed by atoms with Crippen LogP contribution in [0.5, 0.6) is 0 Å². The Morgan fingerprint density at radius 2 is 1.21 bits per heavy atom. The molecule has 6 aromatic rings. The van der Waals surface area contributed by atoms with Gasteiger partial charge >= 0.3 is 0 Å². The lowest BCUT2D eigenvalue weighted by Gasteiger charge is -2.13. The summed E-state index contributed by atoms with van der Waals surface area (Å²) in [6.45, 7) is 0. The molecule has 110 valence electrons. The first-order valence-corrected chi connectivity index (χ1v) is 7.59. The number of nitrogens with zero attached hydrogens (tertiary/aromatic N) is 6. The smallest absolute Gasteiger partial charge is 0.126 e. The van der Waals surface area contributed by atoms with Crippen molar-refractivity contribution in [1.29, 1.82) is 0 Å². The monoisotopic (exact) mass is 308 g/mol. The van der Waals surface area contributed by atoms with Crippen molar-refractivity contribution in [3.63, 3.8) is 0 Å². The molecule has 0 fully saturated rings. The molecule has 0 unspecified atom stereocenters. The Kier molecular flexibility index (Phi) is 2.02. The summed E-state index contributed by atoms with van der Waals surface area (Å²) in [6.07, 6.45) is 1.74. The Morgan fingerprint density at radius 3 is 2.12 bits per heavy atom. The summed E-state index contributed by atoms with van der Waals surface area (Å²) >= 11 is 0. The first kappa shape index (κ1) is 12.0. The third kappa shape index (κ3) is 1.27. The lowest BCUT2D eigenvalue weighted by molar-refractivity contribution is 0.889. The van der Waals surface area contributed by atoms with Crippen LogP contribution in [0.2, 0.25) is 0 Å². The molecule has 0 bridgehead atoms. The van der Waals surface area contributed by atoms with E-state index in [-0.39, 0.29) is 0 Å². The van der Waals surface area contributed by atoms with E-state index >= 15 is 0 Å². The zero-order chi connectivity index (χ0) is 15.7. The van der Waals surface area contributed by atoms with Gasteiger partial charge in [0.25, 0.3) is 0 Å². The fourth-order valence-corrected chi connectivity index (χ4v) is 3.75. The van der Waals surface area contributed by atoms with Crippen LogP contribution in [0.4, 0.5) is 0 Å². The van der Waals surface area contributed by atoms with Crippen molar-refractivity contribution in [3.8, 4) is 0 Å². The van der Waals surface area contributed by atoms with Crippen molar-refractivity contribution in [2.45, 2.75) is 0 Å². The molecule has 0 aliphatic rings. The highest BCUT2D eigenvalue weighted by molar-refractivity contribution is 6.37. The van der Waals surface area contributed by atoms with E-state index in [0.29, 0.717) is 5.52 Å². The normalized spacial score (nSPS) is 12.2. The van der Waals surface area contributed by atoms with Gasteiger partial charge in [0.1, 0.15) is 16.6 Å². The molecular weight excluding hydrogens is 300 g/mol. The van der Waals surface area contributed by atoms with Crippen LogP contribution in [0.3, 0.4) is 0 Å². The number of aromatic nitrogens is 6. The highest BCUT2D eigenvalue weighted by Gasteiger charge is 2.19. The molecule has 0 saturated heterocycles. The average Bonchev–Trinajstić information content (AvgIpc) is 2.67. The Hall–Kier alpha value is -3.54. The third-order valence-electron chi connectivity index (χ3n) is 4.70. The van der Waals surface area contributed by atoms with Gasteiger partial charge in [-0.1, -0.05) is 42.5 Å². The van der Waals surface area contributed by atoms with Gasteiger partial charge in [-0.25, -0.2) is 0 Å². The molecule has 0 aliphatic carbocycles. The van der Waals surface area contributed by atoms with Crippen molar-refractivity contribution in [2.24, 2.45) is 0 Å². The second kappa shape index (κ2) is 4.05. The van der Waals surface area contributed by atoms with Gasteiger partial charge in [-0.05, 0) is 26.6 Å². The Bertz CT molecular complexity index is 1200. The third-order valence-corrected chi connectivity index (χ3v) is 4.70. The van der Waals surface area contributed by atoms with E-state index in [1.54, 1.807) is 6.20 Å². The van der Waals surface area contributed by atoms with Gasteiger partial charge in [-0.15, -0.1) is 20.4 Å². The summed E-state index contributed by atoms with van der Waals surface area (Å²) in [6, 6.07) is 14.5. The molecule has 6 rings (SSSR count). The van der Waals surface area contributed by atoms with Crippen LogP contribution in [0, 0.1) is 0 Å². The van der Waals surface area contributed by atoms with Crippen LogP contribution >= 0.6 is 0 Å². The molecule has 6 heteroatoms. The van der Waals surface area contributed by atoms with E-state index in [1.165, 1.54) is 5.39 Å². The molecule has 4 aromatic carbocycles. The highest BCUT2D eigenvalue weighted by Crippen LogP contribution is 2.41. The van der Waals surface area contributed by atoms with Crippen LogP contribution in [0.25, 0.3) is 54.3 Å². The van der Waals surface area contributed by atoms with Crippen LogP contribution < -0.4 is 0 Å². The quantitative estimate of drug-likeness (QED) is 0.316. The summed E-state index contributed by atoms with van der Waals surface area (Å²) in [7, 11) is 0. The molecule has 0 amide bonds. The van der Waals surface area contributed by atoms with E-state index in [0.717, 1.165) is 43.4 Å². The lowest BCUT2D eigenvalue weighted by Crippen LogP contribution is -1.98. The molecule has 0 atom stereocenters. The maximum Gasteiger partial charge on any atom is 0.126 e. The van der Waals surface area contributed by atoms with E-state index in [2.05, 4.69) is 61.2 Å². The molecule has 6 nitrogen and oxygen atoms in total. The fraction of sp³-hybridized carbons (Fsp3) is 0. The van der Waals surface area contributed by atoms with Crippen molar-refractivity contribution >= 4 is 54.3 Å². The van der Waals surface area contributed by atoms with E-state index in [1.807, 2.05) is 12.1 Å². The predicted octanol–water partition coefficient (Wildman–Crippen LogP) is 3.26. The molecule has 2 aromatic heterocycles. The lowest BCUT2D eigenvalue weighted by atomic mass is 9.92. The molecule has 0 N–H and O–H groups in total. The van der Waals surface area contributed by atoms with Crippen LogP contribution in [-0.2, 0) is 0 Å². The van der Waals surface area contributed by atoms with Crippen LogP contribution in [0.1, 0.15) is 0 Å². The first-order chi connectivity index (χ1) is 11.9. The maximum atomic E-state index is 4.34. The summed E-state index contributed by atoms with van der Waals surface area (Å²) in [5.74, 6) is 0. The molecular formula is C18H8N6. The zero-order valence-corrected chi connectivity index (χ0v) is 12.3. The van der Waals surface area contributed by atoms with E-state index < -0.39 is 0 Å². The molecule has 0 radical (unpaired) electrons. The van der Waals surface area contributed by atoms with Gasteiger partial charge in [0.05, 0.1) is 6.20 Å². The van der Waals surface area contributed by atoms with Crippen LogP contribution in [-0.4, -0.2) is 30.8 Å². The zero-order valence-electron chi connectivity index (χ0n) is 12.3. The number of rotatable bonds is 0. The van der Waals surface area contributed by atoms with Gasteiger partial charge in [0, 0.05) is 21.5 Å². The van der Waals surface area contributed by atoms with Gasteiger partial charge in [0.2, 0.25) is 0 Å². The summed E-state index contributed by atoms with van der Waals surface area (Å²) in [5, 5.41) is 32.1. The molecule has 0 aliphatic heterocycles. The number of hydrogen-bond acceptors (Lipinski definition) is 6. The molecule has 2 heterocycles. The number of hydrogen-bond donors (Lipinski definition) is 0. The minimum absolute atomic E-state index is 0.709. The topological polar surface area (TPSA) is 77.3 Å². The van der Waals surface area contributed by atoms with Gasteiger partial charge in [0.15, 0.2) is 0 Å². The molecule has 0 saturated carbocycles. The Morgan fingerprint density at radius 1 is 0.500 bits per heavy atom. The highest BCUT2D eigenvalue weighted by atomic mass is 15.3. The second-order valence-corrected chi connectivity index (χ2v) is 5.83. The average molecular weight is 308 g/mol. The Balaban J connectivity index is 2.16. The molecule has 0 spiro atoms. The van der Waals surface area contributed by atoms with Crippen molar-refractivity contribution in [2.75, 3.05) is 0 Å². The van der Waals surface area contributed by atoms with Crippen molar-refractivity contribution < 1.29 is 0 Å². The first-order valence-electron chi connectivity index (χ1n) is 7.59. The van der Waals surface area contributed by atoms with Crippen molar-refractivity contribution in [3.05, 3.63) is 48.7 Å². The predicted molar refractivity (Wildman–Crippen MR) is 91.9 cm³/mol. The van der Waals surface area contributed by atoms with Crippen molar-refractivity contribution in [1.82, 2.24) is 30.8 Å². The van der Waals surface area contributed by atoms with E-state index in [4.69, 9.17) is 0 Å². The standard InChI is InChI=1S/C18H8N6/c1-2-5-12-9(4-1)10-6-3-7-11-13-8-19-23-21-17(13)18-15(14(10)11)16(12)20-24-22-18/h1-8H. The largest absolute Gasteiger partial charge is 0.138 e. The SMILES string of the molecule is c1ccc2c(c1)c1cccc3c4cnnnc4c4nnnc2c4c13. The summed E-state index contributed by atoms with van der Waals surface area (Å²) in [4.78, 5) is 0. The minimum atomic E-state index is 0.709. The summed E-state index contributed by atoms with van der Waals surface area (Å²) < 4.78 is 0. The van der Waals surface area contributed by atoms with Gasteiger partial charge in [-0.3, -0.25) is 0 Å². The Labute approximate surface area is 134 Å². The number of fused-ring (bicyclic) bond motifs is 6. The maximum absolute atomic E-state index is 4.34. The van der Waals surface area contributed by atoms with Gasteiger partial charge < -0.3 is 0 Å². The van der Waals surface area contributed by atoms with Gasteiger partial charge in [-0.2, -0.15) is 0 Å².